The van der Waals surface area contributed by atoms with Gasteiger partial charge in [0.15, 0.2) is 0 Å². The summed E-state index contributed by atoms with van der Waals surface area (Å²) in [5.74, 6) is 0. The second-order valence-corrected chi connectivity index (χ2v) is 8.64. The number of piperazine rings is 1. The summed E-state index contributed by atoms with van der Waals surface area (Å²) in [4.78, 5) is 5.07. The lowest BCUT2D eigenvalue weighted by atomic mass is 9.76. The van der Waals surface area contributed by atoms with Gasteiger partial charge in [-0.25, -0.2) is 0 Å². The summed E-state index contributed by atoms with van der Waals surface area (Å²) in [7, 11) is 0. The summed E-state index contributed by atoms with van der Waals surface area (Å²) in [6, 6.07) is 19.1. The molecule has 2 fully saturated rings. The van der Waals surface area contributed by atoms with Gasteiger partial charge >= 0.3 is 0 Å². The zero-order valence-corrected chi connectivity index (χ0v) is 17.2. The van der Waals surface area contributed by atoms with Gasteiger partial charge in [-0.05, 0) is 61.6 Å². The van der Waals surface area contributed by atoms with Crippen LogP contribution in [0.1, 0.15) is 47.9 Å². The van der Waals surface area contributed by atoms with Gasteiger partial charge in [-0.1, -0.05) is 12.1 Å². The highest BCUT2D eigenvalue weighted by molar-refractivity contribution is 5.50. The zero-order chi connectivity index (χ0) is 20.6. The van der Waals surface area contributed by atoms with E-state index >= 15 is 0 Å². The molecule has 2 aromatic rings. The molecule has 2 heterocycles. The fourth-order valence-electron chi connectivity index (χ4n) is 5.50. The first-order chi connectivity index (χ1) is 14.7. The molecule has 1 saturated heterocycles. The number of nitriles is 2. The summed E-state index contributed by atoms with van der Waals surface area (Å²) in [6.45, 7) is 4.78. The summed E-state index contributed by atoms with van der Waals surface area (Å²) in [6.07, 6.45) is 4.37. The van der Waals surface area contributed by atoms with Crippen LogP contribution < -0.4 is 4.90 Å². The molecule has 0 radical (unpaired) electrons. The van der Waals surface area contributed by atoms with Crippen molar-refractivity contribution in [2.75, 3.05) is 31.1 Å². The SMILES string of the molecule is N#Cc1ccc(N2CCN(C3CCC4(CC3)OCc3c(C#N)cccc34)CC2)cc1. The van der Waals surface area contributed by atoms with E-state index < -0.39 is 0 Å². The lowest BCUT2D eigenvalue weighted by Gasteiger charge is -2.45. The van der Waals surface area contributed by atoms with Crippen LogP contribution in [0, 0.1) is 22.7 Å². The Hall–Kier alpha value is -2.86. The third-order valence-electron chi connectivity index (χ3n) is 7.24. The molecule has 5 nitrogen and oxygen atoms in total. The number of fused-ring (bicyclic) bond motifs is 2. The third kappa shape index (κ3) is 3.25. The van der Waals surface area contributed by atoms with Crippen molar-refractivity contribution in [3.05, 3.63) is 64.7 Å². The van der Waals surface area contributed by atoms with Gasteiger partial charge in [-0.3, -0.25) is 4.90 Å². The van der Waals surface area contributed by atoms with Gasteiger partial charge in [0.2, 0.25) is 0 Å². The van der Waals surface area contributed by atoms with Gasteiger partial charge in [0, 0.05) is 43.5 Å². The molecule has 0 unspecified atom stereocenters. The number of ether oxygens (including phenoxy) is 1. The summed E-state index contributed by atoms with van der Waals surface area (Å²) < 4.78 is 6.32. The second kappa shape index (κ2) is 7.76. The van der Waals surface area contributed by atoms with Gasteiger partial charge in [0.25, 0.3) is 0 Å². The van der Waals surface area contributed by atoms with E-state index in [1.54, 1.807) is 0 Å². The van der Waals surface area contributed by atoms with Crippen LogP contribution in [0.25, 0.3) is 0 Å². The van der Waals surface area contributed by atoms with E-state index in [0.717, 1.165) is 63.0 Å². The Morgan fingerprint density at radius 3 is 2.30 bits per heavy atom. The third-order valence-corrected chi connectivity index (χ3v) is 7.24. The zero-order valence-electron chi connectivity index (χ0n) is 17.2. The second-order valence-electron chi connectivity index (χ2n) is 8.64. The largest absolute Gasteiger partial charge is 0.369 e. The highest BCUT2D eigenvalue weighted by Crippen LogP contribution is 2.48. The fourth-order valence-corrected chi connectivity index (χ4v) is 5.50. The van der Waals surface area contributed by atoms with Crippen molar-refractivity contribution >= 4 is 5.69 Å². The topological polar surface area (TPSA) is 63.3 Å². The maximum absolute atomic E-state index is 9.40. The minimum Gasteiger partial charge on any atom is -0.369 e. The van der Waals surface area contributed by atoms with Gasteiger partial charge in [-0.2, -0.15) is 10.5 Å². The van der Waals surface area contributed by atoms with Crippen LogP contribution in [0.15, 0.2) is 42.5 Å². The first kappa shape index (κ1) is 19.1. The molecule has 3 aliphatic rings. The molecule has 0 atom stereocenters. The predicted molar refractivity (Wildman–Crippen MR) is 115 cm³/mol. The number of hydrogen-bond acceptors (Lipinski definition) is 5. The number of hydrogen-bond donors (Lipinski definition) is 0. The van der Waals surface area contributed by atoms with Crippen LogP contribution in [0.5, 0.6) is 0 Å². The van der Waals surface area contributed by atoms with E-state index in [9.17, 15) is 5.26 Å². The van der Waals surface area contributed by atoms with E-state index in [1.165, 1.54) is 11.3 Å². The molecule has 5 rings (SSSR count). The molecule has 0 aromatic heterocycles. The monoisotopic (exact) mass is 398 g/mol. The Balaban J connectivity index is 1.20. The summed E-state index contributed by atoms with van der Waals surface area (Å²) >= 11 is 0. The Bertz CT molecular complexity index is 1000. The molecule has 5 heteroatoms. The van der Waals surface area contributed by atoms with Crippen molar-refractivity contribution in [1.29, 1.82) is 10.5 Å². The lowest BCUT2D eigenvalue weighted by molar-refractivity contribution is -0.0777. The number of anilines is 1. The van der Waals surface area contributed by atoms with Crippen molar-refractivity contribution in [3.8, 4) is 12.1 Å². The van der Waals surface area contributed by atoms with Crippen LogP contribution in [-0.2, 0) is 16.9 Å². The van der Waals surface area contributed by atoms with E-state index in [4.69, 9.17) is 10.00 Å². The normalized spacial score (nSPS) is 26.2. The average molecular weight is 399 g/mol. The van der Waals surface area contributed by atoms with Crippen molar-refractivity contribution in [2.24, 2.45) is 0 Å². The van der Waals surface area contributed by atoms with Crippen LogP contribution in [0.2, 0.25) is 0 Å². The molecule has 0 bridgehead atoms. The van der Waals surface area contributed by atoms with E-state index in [2.05, 4.69) is 40.1 Å². The molecule has 0 amide bonds. The molecular weight excluding hydrogens is 372 g/mol. The quantitative estimate of drug-likeness (QED) is 0.767. The maximum atomic E-state index is 9.40. The number of benzene rings is 2. The van der Waals surface area contributed by atoms with E-state index in [0.29, 0.717) is 18.2 Å². The highest BCUT2D eigenvalue weighted by Gasteiger charge is 2.44. The van der Waals surface area contributed by atoms with E-state index in [1.807, 2.05) is 24.3 Å². The molecule has 152 valence electrons. The van der Waals surface area contributed by atoms with Crippen LogP contribution in [-0.4, -0.2) is 37.1 Å². The van der Waals surface area contributed by atoms with Crippen LogP contribution >= 0.6 is 0 Å². The van der Waals surface area contributed by atoms with Gasteiger partial charge in [0.05, 0.1) is 35.5 Å². The maximum Gasteiger partial charge on any atom is 0.0995 e. The van der Waals surface area contributed by atoms with Gasteiger partial charge in [-0.15, -0.1) is 0 Å². The van der Waals surface area contributed by atoms with Crippen molar-refractivity contribution < 1.29 is 4.74 Å². The number of nitrogens with zero attached hydrogens (tertiary/aromatic N) is 4. The molecule has 0 N–H and O–H groups in total. The van der Waals surface area contributed by atoms with Crippen LogP contribution in [0.3, 0.4) is 0 Å². The predicted octanol–water partition coefficient (Wildman–Crippen LogP) is 3.92. The minimum absolute atomic E-state index is 0.178. The highest BCUT2D eigenvalue weighted by atomic mass is 16.5. The average Bonchev–Trinajstić information content (AvgIpc) is 3.18. The minimum atomic E-state index is -0.178. The molecule has 1 saturated carbocycles. The van der Waals surface area contributed by atoms with Crippen molar-refractivity contribution in [3.63, 3.8) is 0 Å². The Labute approximate surface area is 178 Å². The molecule has 2 aliphatic heterocycles. The number of rotatable bonds is 2. The Morgan fingerprint density at radius 1 is 0.900 bits per heavy atom. The first-order valence-electron chi connectivity index (χ1n) is 10.9. The fraction of sp³-hybridized carbons (Fsp3) is 0.440. The van der Waals surface area contributed by atoms with Crippen molar-refractivity contribution in [2.45, 2.75) is 43.9 Å². The molecule has 30 heavy (non-hydrogen) atoms. The van der Waals surface area contributed by atoms with Gasteiger partial charge in [0.1, 0.15) is 0 Å². The Morgan fingerprint density at radius 2 is 1.63 bits per heavy atom. The van der Waals surface area contributed by atoms with E-state index in [-0.39, 0.29) is 5.60 Å². The van der Waals surface area contributed by atoms with Gasteiger partial charge < -0.3 is 9.64 Å². The summed E-state index contributed by atoms with van der Waals surface area (Å²) in [5, 5.41) is 18.4. The summed E-state index contributed by atoms with van der Waals surface area (Å²) in [5.41, 5.74) is 4.88. The standard InChI is InChI=1S/C25H26N4O/c26-16-19-4-6-21(7-5-19)28-12-14-29(15-13-28)22-8-10-25(11-9-22)24-3-1-2-20(17-27)23(24)18-30-25/h1-7,22H,8-15,18H2. The molecule has 2 aromatic carbocycles. The molecular formula is C25H26N4O. The van der Waals surface area contributed by atoms with Crippen LogP contribution in [0.4, 0.5) is 5.69 Å². The Kier molecular flexibility index (Phi) is 4.95. The van der Waals surface area contributed by atoms with Crippen molar-refractivity contribution in [1.82, 2.24) is 4.90 Å². The smallest absolute Gasteiger partial charge is 0.0995 e. The molecule has 1 aliphatic carbocycles. The lowest BCUT2D eigenvalue weighted by Crippen LogP contribution is -2.52. The molecule has 1 spiro atoms. The first-order valence-corrected chi connectivity index (χ1v) is 10.9.